The van der Waals surface area contributed by atoms with Crippen molar-refractivity contribution < 1.29 is 14.0 Å². The summed E-state index contributed by atoms with van der Waals surface area (Å²) in [6, 6.07) is 12.6. The van der Waals surface area contributed by atoms with Crippen LogP contribution in [-0.4, -0.2) is 29.4 Å². The number of carbonyl (C=O) groups is 2. The molecule has 0 spiro atoms. The molecule has 2 aromatic rings. The van der Waals surface area contributed by atoms with Crippen LogP contribution in [0.15, 0.2) is 42.5 Å². The summed E-state index contributed by atoms with van der Waals surface area (Å²) in [7, 11) is 0. The molecule has 0 bridgehead atoms. The number of rotatable bonds is 5. The maximum absolute atomic E-state index is 13.8. The summed E-state index contributed by atoms with van der Waals surface area (Å²) in [6.07, 6.45) is 1.32. The average molecular weight is 426 g/mol. The number of benzene rings is 2. The molecule has 0 aliphatic carbocycles. The van der Waals surface area contributed by atoms with E-state index in [9.17, 15) is 14.0 Å². The van der Waals surface area contributed by atoms with Gasteiger partial charge in [0, 0.05) is 19.1 Å². The first-order valence-corrected chi connectivity index (χ1v) is 10.9. The highest BCUT2D eigenvalue weighted by Gasteiger charge is 2.35. The molecule has 1 heterocycles. The van der Waals surface area contributed by atoms with Crippen molar-refractivity contribution in [2.45, 2.75) is 59.2 Å². The fraction of sp³-hybridized carbons (Fsp3) is 0.440. The summed E-state index contributed by atoms with van der Waals surface area (Å²) in [5.41, 5.74) is 3.66. The highest BCUT2D eigenvalue weighted by Crippen LogP contribution is 2.34. The fourth-order valence-electron chi connectivity index (χ4n) is 4.12. The molecule has 3 rings (SSSR count). The van der Waals surface area contributed by atoms with E-state index in [1.54, 1.807) is 24.0 Å². The molecule has 1 aliphatic heterocycles. The van der Waals surface area contributed by atoms with Crippen LogP contribution >= 0.6 is 0 Å². The molecule has 1 aliphatic rings. The van der Waals surface area contributed by atoms with Crippen molar-refractivity contribution in [2.24, 2.45) is 5.92 Å². The SMILES string of the molecule is Cc1cccc(CNC(=O)[C@H]2CC[C@@H](c3ccc(F)c(C)c3)N(C(=O)NC(C)C)C2)c1. The molecule has 0 saturated carbocycles. The Bertz CT molecular complexity index is 944. The molecule has 2 N–H and O–H groups in total. The average Bonchev–Trinajstić information content (AvgIpc) is 2.73. The second kappa shape index (κ2) is 9.94. The molecule has 6 heteroatoms. The Hall–Kier alpha value is -2.89. The molecule has 0 unspecified atom stereocenters. The standard InChI is InChI=1S/C25H32FN3O2/c1-16(2)28-25(31)29-15-21(24(30)27-14-19-7-5-6-17(3)12-19)9-11-23(29)20-8-10-22(26)18(4)13-20/h5-8,10,12-13,16,21,23H,9,11,14-15H2,1-4H3,(H,27,30)(H,28,31)/t21-,23-/m0/s1. The molecular formula is C25H32FN3O2. The first kappa shape index (κ1) is 22.8. The van der Waals surface area contributed by atoms with Gasteiger partial charge in [0.15, 0.2) is 0 Å². The summed E-state index contributed by atoms with van der Waals surface area (Å²) in [6.45, 7) is 8.36. The smallest absolute Gasteiger partial charge is 0.318 e. The number of piperidine rings is 1. The predicted octanol–water partition coefficient (Wildman–Crippen LogP) is 4.63. The van der Waals surface area contributed by atoms with Crippen LogP contribution in [-0.2, 0) is 11.3 Å². The van der Waals surface area contributed by atoms with Crippen molar-refractivity contribution in [1.82, 2.24) is 15.5 Å². The Balaban J connectivity index is 1.73. The van der Waals surface area contributed by atoms with Crippen LogP contribution in [0.4, 0.5) is 9.18 Å². The van der Waals surface area contributed by atoms with Crippen LogP contribution in [0.2, 0.25) is 0 Å². The Labute approximate surface area is 184 Å². The van der Waals surface area contributed by atoms with Gasteiger partial charge in [-0.05, 0) is 63.3 Å². The molecule has 0 radical (unpaired) electrons. The van der Waals surface area contributed by atoms with Gasteiger partial charge in [-0.2, -0.15) is 0 Å². The third-order valence-electron chi connectivity index (χ3n) is 5.74. The van der Waals surface area contributed by atoms with E-state index >= 15 is 0 Å². The molecular weight excluding hydrogens is 393 g/mol. The zero-order valence-corrected chi connectivity index (χ0v) is 18.7. The molecule has 31 heavy (non-hydrogen) atoms. The first-order chi connectivity index (χ1) is 14.7. The van der Waals surface area contributed by atoms with E-state index in [1.165, 1.54) is 6.07 Å². The number of aryl methyl sites for hydroxylation is 2. The van der Waals surface area contributed by atoms with Crippen LogP contribution < -0.4 is 10.6 Å². The minimum Gasteiger partial charge on any atom is -0.352 e. The lowest BCUT2D eigenvalue weighted by Gasteiger charge is -2.40. The van der Waals surface area contributed by atoms with Gasteiger partial charge >= 0.3 is 6.03 Å². The largest absolute Gasteiger partial charge is 0.352 e. The van der Waals surface area contributed by atoms with Crippen molar-refractivity contribution in [2.75, 3.05) is 6.54 Å². The molecule has 1 fully saturated rings. The van der Waals surface area contributed by atoms with Gasteiger partial charge in [0.25, 0.3) is 0 Å². The number of nitrogens with zero attached hydrogens (tertiary/aromatic N) is 1. The molecule has 0 aromatic heterocycles. The highest BCUT2D eigenvalue weighted by atomic mass is 19.1. The minimum absolute atomic E-state index is 0.0152. The molecule has 2 aromatic carbocycles. The predicted molar refractivity (Wildman–Crippen MR) is 120 cm³/mol. The Kier molecular flexibility index (Phi) is 7.31. The summed E-state index contributed by atoms with van der Waals surface area (Å²) in [4.78, 5) is 27.5. The van der Waals surface area contributed by atoms with Gasteiger partial charge in [0.2, 0.25) is 5.91 Å². The molecule has 2 atom stereocenters. The van der Waals surface area contributed by atoms with E-state index < -0.39 is 0 Å². The Morgan fingerprint density at radius 1 is 1.13 bits per heavy atom. The first-order valence-electron chi connectivity index (χ1n) is 10.9. The molecule has 1 saturated heterocycles. The zero-order valence-electron chi connectivity index (χ0n) is 18.7. The van der Waals surface area contributed by atoms with Gasteiger partial charge in [-0.3, -0.25) is 4.79 Å². The number of nitrogens with one attached hydrogen (secondary N) is 2. The number of urea groups is 1. The minimum atomic E-state index is -0.277. The third-order valence-corrected chi connectivity index (χ3v) is 5.74. The van der Waals surface area contributed by atoms with Gasteiger partial charge < -0.3 is 15.5 Å². The monoisotopic (exact) mass is 425 g/mol. The van der Waals surface area contributed by atoms with E-state index in [1.807, 2.05) is 39.0 Å². The quantitative estimate of drug-likeness (QED) is 0.734. The number of halogens is 1. The highest BCUT2D eigenvalue weighted by molar-refractivity contribution is 5.81. The second-order valence-electron chi connectivity index (χ2n) is 8.76. The summed E-state index contributed by atoms with van der Waals surface area (Å²) in [5.74, 6) is -0.579. The van der Waals surface area contributed by atoms with Crippen LogP contribution in [0.3, 0.4) is 0 Å². The van der Waals surface area contributed by atoms with Crippen molar-refractivity contribution in [3.63, 3.8) is 0 Å². The second-order valence-corrected chi connectivity index (χ2v) is 8.76. The van der Waals surface area contributed by atoms with E-state index in [2.05, 4.69) is 16.7 Å². The summed E-state index contributed by atoms with van der Waals surface area (Å²) < 4.78 is 13.8. The number of amides is 3. The van der Waals surface area contributed by atoms with Gasteiger partial charge in [-0.15, -0.1) is 0 Å². The lowest BCUT2D eigenvalue weighted by atomic mass is 9.88. The number of likely N-dealkylation sites (tertiary alicyclic amines) is 1. The van der Waals surface area contributed by atoms with Crippen molar-refractivity contribution >= 4 is 11.9 Å². The van der Waals surface area contributed by atoms with Gasteiger partial charge in [-0.1, -0.05) is 42.0 Å². The van der Waals surface area contributed by atoms with Gasteiger partial charge in [-0.25, -0.2) is 9.18 Å². The maximum atomic E-state index is 13.8. The van der Waals surface area contributed by atoms with Gasteiger partial charge in [0.1, 0.15) is 5.82 Å². The molecule has 3 amide bonds. The summed E-state index contributed by atoms with van der Waals surface area (Å²) >= 11 is 0. The van der Waals surface area contributed by atoms with Crippen LogP contribution in [0.1, 0.15) is 55.0 Å². The third kappa shape index (κ3) is 5.84. The van der Waals surface area contributed by atoms with Crippen molar-refractivity contribution in [3.8, 4) is 0 Å². The lowest BCUT2D eigenvalue weighted by Crippen LogP contribution is -2.51. The fourth-order valence-corrected chi connectivity index (χ4v) is 4.12. The Morgan fingerprint density at radius 2 is 1.90 bits per heavy atom. The lowest BCUT2D eigenvalue weighted by molar-refractivity contribution is -0.126. The number of hydrogen-bond acceptors (Lipinski definition) is 2. The number of hydrogen-bond donors (Lipinski definition) is 2. The molecule has 166 valence electrons. The maximum Gasteiger partial charge on any atom is 0.318 e. The van der Waals surface area contributed by atoms with E-state index in [0.717, 1.165) is 16.7 Å². The van der Waals surface area contributed by atoms with E-state index in [4.69, 9.17) is 0 Å². The topological polar surface area (TPSA) is 61.4 Å². The van der Waals surface area contributed by atoms with Crippen LogP contribution in [0.25, 0.3) is 0 Å². The van der Waals surface area contributed by atoms with Gasteiger partial charge in [0.05, 0.1) is 12.0 Å². The summed E-state index contributed by atoms with van der Waals surface area (Å²) in [5, 5.41) is 5.96. The van der Waals surface area contributed by atoms with Crippen LogP contribution in [0.5, 0.6) is 0 Å². The normalized spacial score (nSPS) is 18.7. The van der Waals surface area contributed by atoms with E-state index in [-0.39, 0.29) is 35.8 Å². The number of carbonyl (C=O) groups excluding carboxylic acids is 2. The molecule has 5 nitrogen and oxygen atoms in total. The Morgan fingerprint density at radius 3 is 2.58 bits per heavy atom. The van der Waals surface area contributed by atoms with E-state index in [0.29, 0.717) is 31.5 Å². The van der Waals surface area contributed by atoms with Crippen molar-refractivity contribution in [3.05, 3.63) is 70.5 Å². The zero-order chi connectivity index (χ0) is 22.5. The van der Waals surface area contributed by atoms with Crippen LogP contribution in [0, 0.1) is 25.6 Å². The van der Waals surface area contributed by atoms with Crippen molar-refractivity contribution in [1.29, 1.82) is 0 Å².